The number of carbonyl (C=O) groups excluding carboxylic acids is 1. The molecular weight excluding hydrogens is 254 g/mol. The molecule has 0 unspecified atom stereocenters. The smallest absolute Gasteiger partial charge is 0.303 e. The highest BCUT2D eigenvalue weighted by molar-refractivity contribution is 5.78. The summed E-state index contributed by atoms with van der Waals surface area (Å²) in [6, 6.07) is 0. The van der Waals surface area contributed by atoms with E-state index in [1.165, 1.54) is 0 Å². The number of carboxylic acid groups (broad SMARTS) is 1. The molecule has 1 saturated heterocycles. The summed E-state index contributed by atoms with van der Waals surface area (Å²) in [4.78, 5) is 25.5. The molecule has 0 atom stereocenters. The van der Waals surface area contributed by atoms with Crippen LogP contribution in [0.5, 0.6) is 0 Å². The first-order valence-electron chi connectivity index (χ1n) is 7.82. The van der Waals surface area contributed by atoms with Crippen molar-refractivity contribution in [3.63, 3.8) is 0 Å². The molecule has 1 N–H and O–H groups in total. The number of carboxylic acids is 1. The van der Waals surface area contributed by atoms with Gasteiger partial charge in [-0.2, -0.15) is 0 Å². The van der Waals surface area contributed by atoms with Crippen molar-refractivity contribution in [2.75, 3.05) is 13.1 Å². The van der Waals surface area contributed by atoms with E-state index in [-0.39, 0.29) is 17.7 Å². The molecule has 0 radical (unpaired) electrons. The van der Waals surface area contributed by atoms with Gasteiger partial charge >= 0.3 is 5.97 Å². The highest BCUT2D eigenvalue weighted by Gasteiger charge is 2.39. The standard InChI is InChI=1S/C16H27NO3/c1-15(2)7-9-17(10-8-15)13(18)11-16(12-14(19)20)5-3-4-6-16/h3-12H2,1-2H3,(H,19,20). The largest absolute Gasteiger partial charge is 0.481 e. The molecule has 1 saturated carbocycles. The molecule has 2 aliphatic rings. The second kappa shape index (κ2) is 5.74. The third-order valence-electron chi connectivity index (χ3n) is 5.19. The topological polar surface area (TPSA) is 57.6 Å². The zero-order chi connectivity index (χ0) is 14.8. The summed E-state index contributed by atoms with van der Waals surface area (Å²) >= 11 is 0. The van der Waals surface area contributed by atoms with Crippen LogP contribution in [-0.2, 0) is 9.59 Å². The Hall–Kier alpha value is -1.06. The number of rotatable bonds is 4. The molecule has 2 fully saturated rings. The van der Waals surface area contributed by atoms with Crippen LogP contribution in [0.15, 0.2) is 0 Å². The Morgan fingerprint density at radius 3 is 2.05 bits per heavy atom. The van der Waals surface area contributed by atoms with Gasteiger partial charge in [0.15, 0.2) is 0 Å². The van der Waals surface area contributed by atoms with Crippen LogP contribution in [0.2, 0.25) is 0 Å². The van der Waals surface area contributed by atoms with Crippen LogP contribution in [0.25, 0.3) is 0 Å². The van der Waals surface area contributed by atoms with E-state index >= 15 is 0 Å². The van der Waals surface area contributed by atoms with Crippen molar-refractivity contribution in [1.29, 1.82) is 0 Å². The van der Waals surface area contributed by atoms with Gasteiger partial charge in [0.05, 0.1) is 6.42 Å². The average molecular weight is 281 g/mol. The number of hydrogen-bond donors (Lipinski definition) is 1. The Labute approximate surface area is 121 Å². The molecule has 1 aliphatic heterocycles. The van der Waals surface area contributed by atoms with Gasteiger partial charge in [-0.25, -0.2) is 0 Å². The lowest BCUT2D eigenvalue weighted by atomic mass is 9.78. The molecular formula is C16H27NO3. The van der Waals surface area contributed by atoms with Gasteiger partial charge in [0.1, 0.15) is 0 Å². The summed E-state index contributed by atoms with van der Waals surface area (Å²) in [5.41, 5.74) is 0.0682. The summed E-state index contributed by atoms with van der Waals surface area (Å²) in [7, 11) is 0. The monoisotopic (exact) mass is 281 g/mol. The second-order valence-electron chi connectivity index (χ2n) is 7.50. The van der Waals surface area contributed by atoms with E-state index in [1.54, 1.807) is 0 Å². The average Bonchev–Trinajstić information content (AvgIpc) is 2.76. The first kappa shape index (κ1) is 15.3. The molecule has 2 rings (SSSR count). The molecule has 0 aromatic heterocycles. The van der Waals surface area contributed by atoms with Crippen LogP contribution in [0.3, 0.4) is 0 Å². The lowest BCUT2D eigenvalue weighted by molar-refractivity contribution is -0.142. The Morgan fingerprint density at radius 2 is 1.55 bits per heavy atom. The fourth-order valence-corrected chi connectivity index (χ4v) is 3.66. The van der Waals surface area contributed by atoms with Gasteiger partial charge < -0.3 is 10.0 Å². The number of likely N-dealkylation sites (tertiary alicyclic amines) is 1. The van der Waals surface area contributed by atoms with Gasteiger partial charge in [-0.3, -0.25) is 9.59 Å². The molecule has 0 aromatic carbocycles. The van der Waals surface area contributed by atoms with Crippen molar-refractivity contribution < 1.29 is 14.7 Å². The van der Waals surface area contributed by atoms with Crippen LogP contribution >= 0.6 is 0 Å². The predicted octanol–water partition coefficient (Wildman–Crippen LogP) is 3.06. The Kier molecular flexibility index (Phi) is 4.40. The number of aliphatic carboxylic acids is 1. The van der Waals surface area contributed by atoms with E-state index in [2.05, 4.69) is 13.8 Å². The lowest BCUT2D eigenvalue weighted by Crippen LogP contribution is -2.43. The fraction of sp³-hybridized carbons (Fsp3) is 0.875. The summed E-state index contributed by atoms with van der Waals surface area (Å²) in [6.45, 7) is 6.15. The minimum Gasteiger partial charge on any atom is -0.481 e. The van der Waals surface area contributed by atoms with Crippen molar-refractivity contribution in [3.05, 3.63) is 0 Å². The van der Waals surface area contributed by atoms with Crippen molar-refractivity contribution in [3.8, 4) is 0 Å². The van der Waals surface area contributed by atoms with E-state index in [4.69, 9.17) is 5.11 Å². The molecule has 0 bridgehead atoms. The molecule has 1 amide bonds. The maximum Gasteiger partial charge on any atom is 0.303 e. The van der Waals surface area contributed by atoms with E-state index in [1.807, 2.05) is 4.90 Å². The van der Waals surface area contributed by atoms with Gasteiger partial charge in [-0.1, -0.05) is 26.7 Å². The zero-order valence-electron chi connectivity index (χ0n) is 12.8. The van der Waals surface area contributed by atoms with Crippen molar-refractivity contribution in [2.45, 2.75) is 65.2 Å². The quantitative estimate of drug-likeness (QED) is 0.861. The van der Waals surface area contributed by atoms with Crippen LogP contribution in [0.4, 0.5) is 0 Å². The third-order valence-corrected chi connectivity index (χ3v) is 5.19. The Balaban J connectivity index is 1.94. The highest BCUT2D eigenvalue weighted by atomic mass is 16.4. The number of nitrogens with zero attached hydrogens (tertiary/aromatic N) is 1. The number of piperidine rings is 1. The lowest BCUT2D eigenvalue weighted by Gasteiger charge is -2.38. The Morgan fingerprint density at radius 1 is 1.00 bits per heavy atom. The van der Waals surface area contributed by atoms with Gasteiger partial charge in [0, 0.05) is 19.5 Å². The van der Waals surface area contributed by atoms with Gasteiger partial charge in [-0.15, -0.1) is 0 Å². The highest BCUT2D eigenvalue weighted by Crippen LogP contribution is 2.44. The molecule has 0 aromatic rings. The Bertz CT molecular complexity index is 373. The maximum absolute atomic E-state index is 12.5. The number of carbonyl (C=O) groups is 2. The molecule has 1 heterocycles. The van der Waals surface area contributed by atoms with Crippen LogP contribution in [0.1, 0.15) is 65.2 Å². The van der Waals surface area contributed by atoms with Crippen molar-refractivity contribution >= 4 is 11.9 Å². The SMILES string of the molecule is CC1(C)CCN(C(=O)CC2(CC(=O)O)CCCC2)CC1. The van der Waals surface area contributed by atoms with E-state index in [0.717, 1.165) is 51.6 Å². The molecule has 4 heteroatoms. The van der Waals surface area contributed by atoms with Gasteiger partial charge in [-0.05, 0) is 36.5 Å². The molecule has 0 spiro atoms. The third kappa shape index (κ3) is 3.74. The first-order valence-corrected chi connectivity index (χ1v) is 7.82. The predicted molar refractivity (Wildman–Crippen MR) is 77.4 cm³/mol. The zero-order valence-corrected chi connectivity index (χ0v) is 12.8. The minimum atomic E-state index is -0.764. The fourth-order valence-electron chi connectivity index (χ4n) is 3.66. The van der Waals surface area contributed by atoms with Gasteiger partial charge in [0.2, 0.25) is 5.91 Å². The van der Waals surface area contributed by atoms with Crippen LogP contribution < -0.4 is 0 Å². The second-order valence-corrected chi connectivity index (χ2v) is 7.50. The molecule has 20 heavy (non-hydrogen) atoms. The summed E-state index contributed by atoms with van der Waals surface area (Å²) in [5, 5.41) is 9.11. The van der Waals surface area contributed by atoms with Crippen LogP contribution in [0, 0.1) is 10.8 Å². The molecule has 1 aliphatic carbocycles. The van der Waals surface area contributed by atoms with Crippen molar-refractivity contribution in [2.24, 2.45) is 10.8 Å². The first-order chi connectivity index (χ1) is 9.32. The van der Waals surface area contributed by atoms with E-state index < -0.39 is 5.97 Å². The number of hydrogen-bond acceptors (Lipinski definition) is 2. The minimum absolute atomic E-state index is 0.151. The molecule has 114 valence electrons. The normalized spacial score (nSPS) is 24.6. The van der Waals surface area contributed by atoms with Crippen LogP contribution in [-0.4, -0.2) is 35.0 Å². The summed E-state index contributed by atoms with van der Waals surface area (Å²) in [5.74, 6) is -0.594. The number of amides is 1. The van der Waals surface area contributed by atoms with Crippen molar-refractivity contribution in [1.82, 2.24) is 4.90 Å². The summed E-state index contributed by atoms with van der Waals surface area (Å²) < 4.78 is 0. The molecule has 4 nitrogen and oxygen atoms in total. The maximum atomic E-state index is 12.5. The summed E-state index contributed by atoms with van der Waals surface area (Å²) in [6.07, 6.45) is 6.59. The van der Waals surface area contributed by atoms with E-state index in [9.17, 15) is 9.59 Å². The van der Waals surface area contributed by atoms with E-state index in [0.29, 0.717) is 11.8 Å². The van der Waals surface area contributed by atoms with Gasteiger partial charge in [0.25, 0.3) is 0 Å².